The Bertz CT molecular complexity index is 944. The minimum atomic E-state index is -0.514. The van der Waals surface area contributed by atoms with Gasteiger partial charge in [-0.25, -0.2) is 0 Å². The van der Waals surface area contributed by atoms with E-state index < -0.39 is 5.79 Å². The predicted octanol–water partition coefficient (Wildman–Crippen LogP) is 5.85. The molecule has 1 saturated heterocycles. The third kappa shape index (κ3) is 3.66. The number of ketones is 1. The van der Waals surface area contributed by atoms with E-state index in [-0.39, 0.29) is 5.78 Å². The first-order valence-electron chi connectivity index (χ1n) is 11.1. The van der Waals surface area contributed by atoms with E-state index in [1.807, 2.05) is 37.3 Å². The number of rotatable bonds is 4. The Balaban J connectivity index is 1.33. The molecule has 2 aromatic carbocycles. The van der Waals surface area contributed by atoms with E-state index in [1.54, 1.807) is 0 Å². The van der Waals surface area contributed by atoms with Crippen LogP contribution < -0.4 is 4.74 Å². The lowest BCUT2D eigenvalue weighted by Gasteiger charge is -2.47. The van der Waals surface area contributed by atoms with Crippen LogP contribution in [0.15, 0.2) is 36.4 Å². The van der Waals surface area contributed by atoms with Gasteiger partial charge in [0.05, 0.1) is 11.6 Å². The van der Waals surface area contributed by atoms with Gasteiger partial charge in [-0.15, -0.1) is 0 Å². The molecule has 1 spiro atoms. The zero-order valence-electron chi connectivity index (χ0n) is 17.5. The average molecular weight is 426 g/mol. The highest BCUT2D eigenvalue weighted by Crippen LogP contribution is 2.42. The van der Waals surface area contributed by atoms with Crippen molar-refractivity contribution in [2.45, 2.75) is 63.9 Å². The zero-order chi connectivity index (χ0) is 20.7. The maximum Gasteiger partial charge on any atom is 0.213 e. The van der Waals surface area contributed by atoms with E-state index in [2.05, 4.69) is 11.0 Å². The lowest BCUT2D eigenvalue weighted by molar-refractivity contribution is -0.231. The number of hydrogen-bond donors (Lipinski definition) is 0. The molecular weight excluding hydrogens is 398 g/mol. The van der Waals surface area contributed by atoms with E-state index in [9.17, 15) is 4.79 Å². The number of hydrogen-bond acceptors (Lipinski definition) is 4. The summed E-state index contributed by atoms with van der Waals surface area (Å²) in [6.07, 6.45) is 6.34. The number of likely N-dealkylation sites (tertiary alicyclic amines) is 1. The van der Waals surface area contributed by atoms with Crippen LogP contribution in [0.4, 0.5) is 0 Å². The van der Waals surface area contributed by atoms with Gasteiger partial charge in [0.1, 0.15) is 5.75 Å². The molecular formula is C25H28ClNO3. The third-order valence-corrected chi connectivity index (χ3v) is 7.24. The highest BCUT2D eigenvalue weighted by Gasteiger charge is 2.43. The molecule has 0 bridgehead atoms. The normalized spacial score (nSPS) is 21.0. The van der Waals surface area contributed by atoms with Crippen LogP contribution in [0.25, 0.3) is 11.1 Å². The molecule has 0 atom stereocenters. The number of fused-ring (bicyclic) bond motifs is 1. The van der Waals surface area contributed by atoms with Gasteiger partial charge in [0, 0.05) is 55.1 Å². The largest absolute Gasteiger partial charge is 0.462 e. The number of nitrogens with zero attached hydrogens (tertiary/aromatic N) is 1. The van der Waals surface area contributed by atoms with Crippen LogP contribution >= 0.6 is 11.6 Å². The van der Waals surface area contributed by atoms with E-state index in [0.29, 0.717) is 18.1 Å². The Kier molecular flexibility index (Phi) is 5.34. The van der Waals surface area contributed by atoms with E-state index in [1.165, 1.54) is 19.3 Å². The van der Waals surface area contributed by atoms with Crippen molar-refractivity contribution in [3.8, 4) is 16.9 Å². The maximum absolute atomic E-state index is 11.9. The minimum Gasteiger partial charge on any atom is -0.462 e. The zero-order valence-corrected chi connectivity index (χ0v) is 18.2. The predicted molar refractivity (Wildman–Crippen MR) is 118 cm³/mol. The van der Waals surface area contributed by atoms with Gasteiger partial charge in [-0.2, -0.15) is 0 Å². The topological polar surface area (TPSA) is 38.8 Å². The summed E-state index contributed by atoms with van der Waals surface area (Å²) in [5.74, 6) is 0.471. The molecule has 0 radical (unpaired) electrons. The molecule has 5 heteroatoms. The van der Waals surface area contributed by atoms with Crippen molar-refractivity contribution in [2.24, 2.45) is 0 Å². The fourth-order valence-corrected chi connectivity index (χ4v) is 5.00. The standard InChI is InChI=1S/C25H28ClNO3/c1-2-23(28)18-8-6-17(7-9-18)21-14-19-16-29-25(30-24(19)15-22(21)26)10-12-27(13-11-25)20-4-3-5-20/h6-9,14-15,20H,2-5,10-13,16H2,1H3. The molecule has 2 aliphatic heterocycles. The summed E-state index contributed by atoms with van der Waals surface area (Å²) in [4.78, 5) is 14.5. The quantitative estimate of drug-likeness (QED) is 0.575. The van der Waals surface area contributed by atoms with Crippen molar-refractivity contribution in [3.63, 3.8) is 0 Å². The van der Waals surface area contributed by atoms with Gasteiger partial charge in [-0.05, 0) is 30.5 Å². The third-order valence-electron chi connectivity index (χ3n) is 6.93. The Morgan fingerprint density at radius 3 is 2.53 bits per heavy atom. The molecule has 0 amide bonds. The minimum absolute atomic E-state index is 0.147. The summed E-state index contributed by atoms with van der Waals surface area (Å²) in [6, 6.07) is 12.4. The fraction of sp³-hybridized carbons (Fsp3) is 0.480. The van der Waals surface area contributed by atoms with Gasteiger partial charge in [0.25, 0.3) is 0 Å². The average Bonchev–Trinajstić information content (AvgIpc) is 2.73. The van der Waals surface area contributed by atoms with E-state index in [4.69, 9.17) is 21.1 Å². The van der Waals surface area contributed by atoms with Crippen molar-refractivity contribution in [1.82, 2.24) is 4.90 Å². The van der Waals surface area contributed by atoms with Crippen LogP contribution in [-0.4, -0.2) is 35.6 Å². The summed E-state index contributed by atoms with van der Waals surface area (Å²) in [5, 5.41) is 0.660. The second kappa shape index (κ2) is 7.99. The Labute approximate surface area is 183 Å². The van der Waals surface area contributed by atoms with Crippen LogP contribution in [-0.2, 0) is 11.3 Å². The van der Waals surface area contributed by atoms with Gasteiger partial charge in [0.2, 0.25) is 5.79 Å². The van der Waals surface area contributed by atoms with Crippen LogP contribution in [0, 0.1) is 0 Å². The Morgan fingerprint density at radius 2 is 1.90 bits per heavy atom. The maximum atomic E-state index is 11.9. The second-order valence-corrected chi connectivity index (χ2v) is 9.12. The van der Waals surface area contributed by atoms with Crippen LogP contribution in [0.5, 0.6) is 5.75 Å². The van der Waals surface area contributed by atoms with Crippen LogP contribution in [0.1, 0.15) is 61.4 Å². The number of carbonyl (C=O) groups excluding carboxylic acids is 1. The number of benzene rings is 2. The first-order chi connectivity index (χ1) is 14.6. The van der Waals surface area contributed by atoms with Gasteiger partial charge < -0.3 is 9.47 Å². The molecule has 0 N–H and O–H groups in total. The number of ether oxygens (including phenoxy) is 2. The Hall–Kier alpha value is -1.88. The highest BCUT2D eigenvalue weighted by molar-refractivity contribution is 6.33. The summed E-state index contributed by atoms with van der Waals surface area (Å²) in [6.45, 7) is 4.49. The molecule has 0 aromatic heterocycles. The van der Waals surface area contributed by atoms with Crippen molar-refractivity contribution >= 4 is 17.4 Å². The van der Waals surface area contributed by atoms with Crippen molar-refractivity contribution in [1.29, 1.82) is 0 Å². The SMILES string of the molecule is CCC(=O)c1ccc(-c2cc3c(cc2Cl)OC2(CCN(C4CCC4)CC2)OC3)cc1. The molecule has 1 aliphatic carbocycles. The van der Waals surface area contributed by atoms with Crippen molar-refractivity contribution < 1.29 is 14.3 Å². The molecule has 158 valence electrons. The highest BCUT2D eigenvalue weighted by atomic mass is 35.5. The monoisotopic (exact) mass is 425 g/mol. The first-order valence-corrected chi connectivity index (χ1v) is 11.5. The summed E-state index contributed by atoms with van der Waals surface area (Å²) >= 11 is 6.65. The lowest BCUT2D eigenvalue weighted by Crippen LogP contribution is -2.54. The molecule has 0 unspecified atom stereocenters. The second-order valence-electron chi connectivity index (χ2n) is 8.72. The number of carbonyl (C=O) groups is 1. The van der Waals surface area contributed by atoms with Crippen LogP contribution in [0.3, 0.4) is 0 Å². The lowest BCUT2D eigenvalue weighted by atomic mass is 9.89. The Morgan fingerprint density at radius 1 is 1.17 bits per heavy atom. The molecule has 2 aromatic rings. The van der Waals surface area contributed by atoms with Gasteiger partial charge in [-0.1, -0.05) is 49.2 Å². The number of Topliss-reactive ketones (excluding diaryl/α,β-unsaturated/α-hetero) is 1. The summed E-state index contributed by atoms with van der Waals surface area (Å²) in [5.41, 5.74) is 3.69. The van der Waals surface area contributed by atoms with Crippen molar-refractivity contribution in [3.05, 3.63) is 52.5 Å². The molecule has 5 rings (SSSR count). The molecule has 3 aliphatic rings. The van der Waals surface area contributed by atoms with Gasteiger partial charge in [-0.3, -0.25) is 9.69 Å². The number of piperidine rings is 1. The fourth-order valence-electron chi connectivity index (χ4n) is 4.74. The first kappa shape index (κ1) is 20.0. The summed E-state index contributed by atoms with van der Waals surface area (Å²) in [7, 11) is 0. The molecule has 30 heavy (non-hydrogen) atoms. The van der Waals surface area contributed by atoms with E-state index in [0.717, 1.165) is 60.0 Å². The number of halogens is 1. The molecule has 1 saturated carbocycles. The molecule has 4 nitrogen and oxygen atoms in total. The van der Waals surface area contributed by atoms with Crippen LogP contribution in [0.2, 0.25) is 5.02 Å². The van der Waals surface area contributed by atoms with Gasteiger partial charge >= 0.3 is 0 Å². The molecule has 2 heterocycles. The van der Waals surface area contributed by atoms with E-state index >= 15 is 0 Å². The summed E-state index contributed by atoms with van der Waals surface area (Å²) < 4.78 is 12.7. The molecule has 2 fully saturated rings. The smallest absolute Gasteiger partial charge is 0.213 e. The van der Waals surface area contributed by atoms with Gasteiger partial charge in [0.15, 0.2) is 5.78 Å². The van der Waals surface area contributed by atoms with Crippen molar-refractivity contribution in [2.75, 3.05) is 13.1 Å².